The Bertz CT molecular complexity index is 445. The first-order valence-electron chi connectivity index (χ1n) is 7.22. The van der Waals surface area contributed by atoms with Crippen molar-refractivity contribution >= 4 is 5.91 Å². The van der Waals surface area contributed by atoms with E-state index in [0.717, 1.165) is 43.5 Å². The first kappa shape index (κ1) is 15.0. The SMILES string of the molecule is COCc1cccc(C(=O)N2CCCC(CCO)C2)c1. The fourth-order valence-electron chi connectivity index (χ4n) is 2.81. The van der Waals surface area contributed by atoms with Crippen molar-refractivity contribution in [3.05, 3.63) is 35.4 Å². The van der Waals surface area contributed by atoms with Crippen LogP contribution >= 0.6 is 0 Å². The number of carbonyl (C=O) groups is 1. The highest BCUT2D eigenvalue weighted by atomic mass is 16.5. The minimum absolute atomic E-state index is 0.0885. The maximum absolute atomic E-state index is 12.5. The summed E-state index contributed by atoms with van der Waals surface area (Å²) in [7, 11) is 1.65. The van der Waals surface area contributed by atoms with Crippen molar-refractivity contribution in [3.8, 4) is 0 Å². The van der Waals surface area contributed by atoms with E-state index in [1.807, 2.05) is 29.2 Å². The minimum atomic E-state index is 0.0885. The number of hydrogen-bond acceptors (Lipinski definition) is 3. The Kier molecular flexibility index (Phi) is 5.56. The molecule has 0 spiro atoms. The van der Waals surface area contributed by atoms with E-state index >= 15 is 0 Å². The molecule has 1 heterocycles. The van der Waals surface area contributed by atoms with Crippen molar-refractivity contribution in [2.75, 3.05) is 26.8 Å². The quantitative estimate of drug-likeness (QED) is 0.896. The lowest BCUT2D eigenvalue weighted by Crippen LogP contribution is -2.40. The zero-order valence-electron chi connectivity index (χ0n) is 12.0. The molecule has 1 unspecified atom stereocenters. The van der Waals surface area contributed by atoms with E-state index in [1.165, 1.54) is 0 Å². The van der Waals surface area contributed by atoms with E-state index in [0.29, 0.717) is 12.5 Å². The maximum atomic E-state index is 12.5. The second-order valence-electron chi connectivity index (χ2n) is 5.41. The van der Waals surface area contributed by atoms with Crippen LogP contribution < -0.4 is 0 Å². The van der Waals surface area contributed by atoms with Gasteiger partial charge in [0.15, 0.2) is 0 Å². The highest BCUT2D eigenvalue weighted by Gasteiger charge is 2.24. The summed E-state index contributed by atoms with van der Waals surface area (Å²) in [5, 5.41) is 9.04. The van der Waals surface area contributed by atoms with Gasteiger partial charge in [0.2, 0.25) is 0 Å². The summed E-state index contributed by atoms with van der Waals surface area (Å²) in [6.07, 6.45) is 2.91. The van der Waals surface area contributed by atoms with Crippen LogP contribution in [0.5, 0.6) is 0 Å². The topological polar surface area (TPSA) is 49.8 Å². The number of amides is 1. The molecule has 0 aromatic heterocycles. The van der Waals surface area contributed by atoms with Crippen molar-refractivity contribution in [1.29, 1.82) is 0 Å². The van der Waals surface area contributed by atoms with Crippen molar-refractivity contribution in [3.63, 3.8) is 0 Å². The molecule has 0 saturated carbocycles. The summed E-state index contributed by atoms with van der Waals surface area (Å²) in [4.78, 5) is 14.4. The van der Waals surface area contributed by atoms with E-state index in [-0.39, 0.29) is 12.5 Å². The summed E-state index contributed by atoms with van der Waals surface area (Å²) in [6, 6.07) is 7.63. The summed E-state index contributed by atoms with van der Waals surface area (Å²) < 4.78 is 5.10. The third kappa shape index (κ3) is 3.81. The van der Waals surface area contributed by atoms with Gasteiger partial charge in [-0.15, -0.1) is 0 Å². The zero-order chi connectivity index (χ0) is 14.4. The molecule has 1 amide bonds. The van der Waals surface area contributed by atoms with Crippen molar-refractivity contribution in [2.24, 2.45) is 5.92 Å². The van der Waals surface area contributed by atoms with Crippen LogP contribution in [-0.2, 0) is 11.3 Å². The van der Waals surface area contributed by atoms with Gasteiger partial charge in [-0.05, 0) is 42.9 Å². The summed E-state index contributed by atoms with van der Waals surface area (Å²) >= 11 is 0. The average molecular weight is 277 g/mol. The first-order valence-corrected chi connectivity index (χ1v) is 7.22. The predicted molar refractivity (Wildman–Crippen MR) is 77.5 cm³/mol. The number of aliphatic hydroxyl groups is 1. The Morgan fingerprint density at radius 1 is 1.50 bits per heavy atom. The largest absolute Gasteiger partial charge is 0.396 e. The molecule has 110 valence electrons. The molecule has 4 heteroatoms. The number of piperidine rings is 1. The number of aliphatic hydroxyl groups excluding tert-OH is 1. The average Bonchev–Trinajstić information content (AvgIpc) is 2.48. The molecular weight excluding hydrogens is 254 g/mol. The lowest BCUT2D eigenvalue weighted by molar-refractivity contribution is 0.0653. The van der Waals surface area contributed by atoms with Gasteiger partial charge < -0.3 is 14.7 Å². The highest BCUT2D eigenvalue weighted by molar-refractivity contribution is 5.94. The molecule has 0 aliphatic carbocycles. The van der Waals surface area contributed by atoms with Gasteiger partial charge in [-0.3, -0.25) is 4.79 Å². The molecular formula is C16H23NO3. The third-order valence-electron chi connectivity index (χ3n) is 3.83. The Hall–Kier alpha value is -1.39. The Morgan fingerprint density at radius 3 is 3.10 bits per heavy atom. The van der Waals surface area contributed by atoms with E-state index in [2.05, 4.69) is 0 Å². The van der Waals surface area contributed by atoms with Gasteiger partial charge in [0.1, 0.15) is 0 Å². The van der Waals surface area contributed by atoms with Crippen LogP contribution in [0, 0.1) is 5.92 Å². The van der Waals surface area contributed by atoms with Crippen molar-refractivity contribution in [1.82, 2.24) is 4.90 Å². The van der Waals surface area contributed by atoms with Gasteiger partial charge in [-0.1, -0.05) is 12.1 Å². The summed E-state index contributed by atoms with van der Waals surface area (Å²) in [5.74, 6) is 0.519. The fraction of sp³-hybridized carbons (Fsp3) is 0.562. The summed E-state index contributed by atoms with van der Waals surface area (Å²) in [5.41, 5.74) is 1.74. The molecule has 1 atom stereocenters. The lowest BCUT2D eigenvalue weighted by Gasteiger charge is -2.32. The van der Waals surface area contributed by atoms with Crippen LogP contribution in [0.2, 0.25) is 0 Å². The number of benzene rings is 1. The van der Waals surface area contributed by atoms with E-state index in [4.69, 9.17) is 9.84 Å². The van der Waals surface area contributed by atoms with Crippen LogP contribution in [0.3, 0.4) is 0 Å². The van der Waals surface area contributed by atoms with Gasteiger partial charge in [0.05, 0.1) is 6.61 Å². The van der Waals surface area contributed by atoms with Gasteiger partial charge in [0.25, 0.3) is 5.91 Å². The van der Waals surface area contributed by atoms with Gasteiger partial charge in [0, 0.05) is 32.4 Å². The zero-order valence-corrected chi connectivity index (χ0v) is 12.0. The molecule has 2 rings (SSSR count). The van der Waals surface area contributed by atoms with Crippen molar-refractivity contribution < 1.29 is 14.6 Å². The number of ether oxygens (including phenoxy) is 1. The molecule has 1 N–H and O–H groups in total. The number of likely N-dealkylation sites (tertiary alicyclic amines) is 1. The highest BCUT2D eigenvalue weighted by Crippen LogP contribution is 2.21. The number of nitrogens with zero attached hydrogens (tertiary/aromatic N) is 1. The smallest absolute Gasteiger partial charge is 0.253 e. The standard InChI is InChI=1S/C16H23NO3/c1-20-12-14-4-2-6-15(10-14)16(19)17-8-3-5-13(11-17)7-9-18/h2,4,6,10,13,18H,3,5,7-9,11-12H2,1H3. The lowest BCUT2D eigenvalue weighted by atomic mass is 9.94. The normalized spacial score (nSPS) is 19.1. The molecule has 1 aromatic rings. The Morgan fingerprint density at radius 2 is 2.35 bits per heavy atom. The Labute approximate surface area is 120 Å². The third-order valence-corrected chi connectivity index (χ3v) is 3.83. The predicted octanol–water partition coefficient (Wildman–Crippen LogP) is 2.07. The van der Waals surface area contributed by atoms with Crippen LogP contribution in [0.4, 0.5) is 0 Å². The van der Waals surface area contributed by atoms with Crippen LogP contribution in [0.25, 0.3) is 0 Å². The molecule has 0 bridgehead atoms. The molecule has 0 radical (unpaired) electrons. The molecule has 1 fully saturated rings. The molecule has 4 nitrogen and oxygen atoms in total. The van der Waals surface area contributed by atoms with Crippen LogP contribution in [-0.4, -0.2) is 42.7 Å². The van der Waals surface area contributed by atoms with Gasteiger partial charge >= 0.3 is 0 Å². The minimum Gasteiger partial charge on any atom is -0.396 e. The van der Waals surface area contributed by atoms with Crippen molar-refractivity contribution in [2.45, 2.75) is 25.9 Å². The van der Waals surface area contributed by atoms with E-state index in [9.17, 15) is 4.79 Å². The number of methoxy groups -OCH3 is 1. The monoisotopic (exact) mass is 277 g/mol. The maximum Gasteiger partial charge on any atom is 0.253 e. The molecule has 1 aliphatic heterocycles. The van der Waals surface area contributed by atoms with E-state index < -0.39 is 0 Å². The fourth-order valence-corrected chi connectivity index (χ4v) is 2.81. The second kappa shape index (κ2) is 7.41. The first-order chi connectivity index (χ1) is 9.74. The summed E-state index contributed by atoms with van der Waals surface area (Å²) in [6.45, 7) is 2.30. The number of rotatable bonds is 5. The van der Waals surface area contributed by atoms with Gasteiger partial charge in [-0.25, -0.2) is 0 Å². The van der Waals surface area contributed by atoms with E-state index in [1.54, 1.807) is 7.11 Å². The molecule has 1 saturated heterocycles. The molecule has 1 aromatic carbocycles. The molecule has 20 heavy (non-hydrogen) atoms. The van der Waals surface area contributed by atoms with Crippen LogP contribution in [0.1, 0.15) is 35.2 Å². The number of hydrogen-bond donors (Lipinski definition) is 1. The van der Waals surface area contributed by atoms with Crippen LogP contribution in [0.15, 0.2) is 24.3 Å². The van der Waals surface area contributed by atoms with Gasteiger partial charge in [-0.2, -0.15) is 0 Å². The second-order valence-corrected chi connectivity index (χ2v) is 5.41. The Balaban J connectivity index is 2.04. The number of carbonyl (C=O) groups excluding carboxylic acids is 1. The molecule has 1 aliphatic rings.